The number of amides is 1. The van der Waals surface area contributed by atoms with E-state index in [1.54, 1.807) is 12.1 Å². The van der Waals surface area contributed by atoms with E-state index < -0.39 is 0 Å². The first-order chi connectivity index (χ1) is 17.6. The molecule has 0 saturated carbocycles. The van der Waals surface area contributed by atoms with Gasteiger partial charge in [-0.2, -0.15) is 4.99 Å². The number of nitrogens with zero attached hydrogens (tertiary/aromatic N) is 4. The van der Waals surface area contributed by atoms with Gasteiger partial charge in [0.1, 0.15) is 18.0 Å². The van der Waals surface area contributed by atoms with Crippen LogP contribution in [-0.2, 0) is 11.4 Å². The van der Waals surface area contributed by atoms with E-state index in [-0.39, 0.29) is 16.5 Å². The summed E-state index contributed by atoms with van der Waals surface area (Å²) >= 11 is 1.35. The standard InChI is InChI=1S/C27H24N4O4S/c32-26-25(18-21-10-4-7-13-24(21)35-19-20-8-2-1-3-9-20)36-27(28-26)30-16-14-29(15-17-30)22-11-5-6-12-23(22)31(33)34/h1-13,18H,14-17,19H2/b25-18+. The first-order valence-corrected chi connectivity index (χ1v) is 12.4. The first kappa shape index (κ1) is 23.6. The van der Waals surface area contributed by atoms with E-state index in [1.807, 2.05) is 71.6 Å². The van der Waals surface area contributed by atoms with Gasteiger partial charge in [0, 0.05) is 37.8 Å². The van der Waals surface area contributed by atoms with E-state index in [4.69, 9.17) is 4.74 Å². The highest BCUT2D eigenvalue weighted by atomic mass is 32.2. The maximum Gasteiger partial charge on any atom is 0.292 e. The molecular weight excluding hydrogens is 476 g/mol. The maximum atomic E-state index is 12.7. The van der Waals surface area contributed by atoms with Gasteiger partial charge in [-0.15, -0.1) is 0 Å². The van der Waals surface area contributed by atoms with E-state index in [9.17, 15) is 14.9 Å². The van der Waals surface area contributed by atoms with Gasteiger partial charge in [-0.3, -0.25) is 14.9 Å². The number of rotatable bonds is 6. The molecule has 36 heavy (non-hydrogen) atoms. The zero-order valence-electron chi connectivity index (χ0n) is 19.4. The third kappa shape index (κ3) is 5.26. The first-order valence-electron chi connectivity index (χ1n) is 11.6. The van der Waals surface area contributed by atoms with Gasteiger partial charge in [-0.1, -0.05) is 60.7 Å². The van der Waals surface area contributed by atoms with E-state index >= 15 is 0 Å². The average molecular weight is 501 g/mol. The normalized spacial score (nSPS) is 16.8. The van der Waals surface area contributed by atoms with E-state index in [0.29, 0.717) is 54.3 Å². The van der Waals surface area contributed by atoms with Crippen LogP contribution in [0.25, 0.3) is 6.08 Å². The van der Waals surface area contributed by atoms with Crippen molar-refractivity contribution in [3.05, 3.63) is 105 Å². The Labute approximate surface area is 213 Å². The number of hydrogen-bond acceptors (Lipinski definition) is 7. The van der Waals surface area contributed by atoms with Gasteiger partial charge in [0.2, 0.25) is 0 Å². The summed E-state index contributed by atoms with van der Waals surface area (Å²) in [5.74, 6) is 0.433. The van der Waals surface area contributed by atoms with Gasteiger partial charge in [0.25, 0.3) is 11.6 Å². The molecule has 1 saturated heterocycles. The van der Waals surface area contributed by atoms with Crippen molar-refractivity contribution < 1.29 is 14.5 Å². The Kier molecular flexibility index (Phi) is 6.99. The molecule has 1 amide bonds. The molecule has 9 heteroatoms. The number of carbonyl (C=O) groups excluding carboxylic acids is 1. The lowest BCUT2D eigenvalue weighted by Gasteiger charge is -2.36. The van der Waals surface area contributed by atoms with Crippen molar-refractivity contribution >= 4 is 40.3 Å². The number of carbonyl (C=O) groups is 1. The Morgan fingerprint density at radius 3 is 2.36 bits per heavy atom. The molecule has 182 valence electrons. The summed E-state index contributed by atoms with van der Waals surface area (Å²) in [7, 11) is 0. The van der Waals surface area contributed by atoms with E-state index in [1.165, 1.54) is 17.8 Å². The molecule has 3 aromatic carbocycles. The van der Waals surface area contributed by atoms with Crippen molar-refractivity contribution in [3.8, 4) is 5.75 Å². The number of aliphatic imine (C=N–C) groups is 1. The molecule has 0 N–H and O–H groups in total. The molecule has 0 aromatic heterocycles. The van der Waals surface area contributed by atoms with Crippen LogP contribution in [0.5, 0.6) is 5.75 Å². The Bertz CT molecular complexity index is 1330. The molecule has 2 aliphatic rings. The number of benzene rings is 3. The maximum absolute atomic E-state index is 12.7. The highest BCUT2D eigenvalue weighted by Crippen LogP contribution is 2.34. The van der Waals surface area contributed by atoms with E-state index in [2.05, 4.69) is 9.89 Å². The molecule has 0 spiro atoms. The monoisotopic (exact) mass is 500 g/mol. The number of anilines is 1. The third-order valence-corrected chi connectivity index (χ3v) is 7.07. The van der Waals surface area contributed by atoms with Gasteiger partial charge < -0.3 is 14.5 Å². The molecular formula is C27H24N4O4S. The summed E-state index contributed by atoms with van der Waals surface area (Å²) in [4.78, 5) is 32.6. The van der Waals surface area contributed by atoms with Gasteiger partial charge in [-0.25, -0.2) is 0 Å². The van der Waals surface area contributed by atoms with Crippen LogP contribution in [0.2, 0.25) is 0 Å². The largest absolute Gasteiger partial charge is 0.488 e. The fourth-order valence-electron chi connectivity index (χ4n) is 4.17. The van der Waals surface area contributed by atoms with Crippen molar-refractivity contribution in [2.45, 2.75) is 6.61 Å². The molecule has 3 aromatic rings. The van der Waals surface area contributed by atoms with Crippen molar-refractivity contribution in [3.63, 3.8) is 0 Å². The van der Waals surface area contributed by atoms with Crippen molar-refractivity contribution in [1.29, 1.82) is 0 Å². The molecule has 2 heterocycles. The van der Waals surface area contributed by atoms with Gasteiger partial charge in [-0.05, 0) is 35.5 Å². The Morgan fingerprint density at radius 2 is 1.58 bits per heavy atom. The zero-order chi connectivity index (χ0) is 24.9. The molecule has 0 radical (unpaired) electrons. The topological polar surface area (TPSA) is 88.3 Å². The van der Waals surface area contributed by atoms with Crippen LogP contribution >= 0.6 is 11.8 Å². The summed E-state index contributed by atoms with van der Waals surface area (Å²) in [5, 5.41) is 12.1. The highest BCUT2D eigenvalue weighted by Gasteiger charge is 2.30. The number of nitro benzene ring substituents is 1. The number of para-hydroxylation sites is 3. The summed E-state index contributed by atoms with van der Waals surface area (Å²) in [5.41, 5.74) is 2.61. The number of ether oxygens (including phenoxy) is 1. The minimum atomic E-state index is -0.351. The van der Waals surface area contributed by atoms with Crippen LogP contribution < -0.4 is 9.64 Å². The van der Waals surface area contributed by atoms with Gasteiger partial charge >= 0.3 is 0 Å². The second kappa shape index (κ2) is 10.7. The predicted octanol–water partition coefficient (Wildman–Crippen LogP) is 4.97. The van der Waals surface area contributed by atoms with Crippen molar-refractivity contribution in [2.75, 3.05) is 31.1 Å². The number of piperazine rings is 1. The molecule has 8 nitrogen and oxygen atoms in total. The minimum Gasteiger partial charge on any atom is -0.488 e. The molecule has 5 rings (SSSR count). The summed E-state index contributed by atoms with van der Waals surface area (Å²) < 4.78 is 6.03. The SMILES string of the molecule is O=C1N=C(N2CCN(c3ccccc3[N+](=O)[O-])CC2)S/C1=C/c1ccccc1OCc1ccccc1. The number of thioether (sulfide) groups is 1. The molecule has 1 fully saturated rings. The van der Waals surface area contributed by atoms with Crippen LogP contribution in [-0.4, -0.2) is 47.1 Å². The number of nitro groups is 1. The van der Waals surface area contributed by atoms with Crippen LogP contribution in [0, 0.1) is 10.1 Å². The van der Waals surface area contributed by atoms with Crippen molar-refractivity contribution in [2.24, 2.45) is 4.99 Å². The third-order valence-electron chi connectivity index (χ3n) is 6.02. The minimum absolute atomic E-state index is 0.104. The quantitative estimate of drug-likeness (QED) is 0.268. The predicted molar refractivity (Wildman–Crippen MR) is 142 cm³/mol. The Hall–Kier alpha value is -4.11. The zero-order valence-corrected chi connectivity index (χ0v) is 20.3. The lowest BCUT2D eigenvalue weighted by molar-refractivity contribution is -0.384. The molecule has 0 atom stereocenters. The Morgan fingerprint density at radius 1 is 0.917 bits per heavy atom. The Balaban J connectivity index is 1.24. The molecule has 0 bridgehead atoms. The molecule has 2 aliphatic heterocycles. The fourth-order valence-corrected chi connectivity index (χ4v) is 5.12. The van der Waals surface area contributed by atoms with Gasteiger partial charge in [0.05, 0.1) is 9.83 Å². The smallest absolute Gasteiger partial charge is 0.292 e. The van der Waals surface area contributed by atoms with Crippen LogP contribution in [0.4, 0.5) is 11.4 Å². The fraction of sp³-hybridized carbons (Fsp3) is 0.185. The lowest BCUT2D eigenvalue weighted by atomic mass is 10.2. The molecule has 0 aliphatic carbocycles. The van der Waals surface area contributed by atoms with E-state index in [0.717, 1.165) is 11.1 Å². The van der Waals surface area contributed by atoms with Gasteiger partial charge in [0.15, 0.2) is 5.17 Å². The van der Waals surface area contributed by atoms with Crippen molar-refractivity contribution in [1.82, 2.24) is 4.90 Å². The number of hydrogen-bond donors (Lipinski definition) is 0. The van der Waals surface area contributed by atoms with Crippen LogP contribution in [0.3, 0.4) is 0 Å². The second-order valence-electron chi connectivity index (χ2n) is 8.34. The van der Waals surface area contributed by atoms with Crippen LogP contribution in [0.1, 0.15) is 11.1 Å². The molecule has 0 unspecified atom stereocenters. The number of amidine groups is 1. The summed E-state index contributed by atoms with van der Waals surface area (Å²) in [6.45, 7) is 2.89. The lowest BCUT2D eigenvalue weighted by Crippen LogP contribution is -2.48. The summed E-state index contributed by atoms with van der Waals surface area (Å²) in [6, 6.07) is 24.3. The second-order valence-corrected chi connectivity index (χ2v) is 9.35. The highest BCUT2D eigenvalue weighted by molar-refractivity contribution is 8.18. The average Bonchev–Trinajstić information content (AvgIpc) is 3.28. The van der Waals surface area contributed by atoms with Crippen LogP contribution in [0.15, 0.2) is 88.8 Å². The summed E-state index contributed by atoms with van der Waals surface area (Å²) in [6.07, 6.45) is 1.83.